The molecule has 1 amide bonds. The fourth-order valence-corrected chi connectivity index (χ4v) is 3.32. The van der Waals surface area contributed by atoms with Gasteiger partial charge in [0.25, 0.3) is 0 Å². The minimum absolute atomic E-state index is 0.228. The van der Waals surface area contributed by atoms with Gasteiger partial charge in [-0.3, -0.25) is 9.69 Å². The van der Waals surface area contributed by atoms with Crippen LogP contribution >= 0.6 is 0 Å². The third-order valence-corrected chi connectivity index (χ3v) is 4.93. The molecule has 0 aliphatic carbocycles. The first-order valence-corrected chi connectivity index (χ1v) is 7.93. The molecule has 2 aliphatic heterocycles. The zero-order chi connectivity index (χ0) is 15.3. The standard InChI is InChI=1S/C15H29N3O3/c1-13-11-18(6-5-17(13)7-10-20-2)14(19)15(12-16)3-8-21-9-4-15/h13H,3-12,16H2,1-2H3. The number of amides is 1. The number of nitrogens with two attached hydrogens (primary N) is 1. The normalized spacial score (nSPS) is 26.8. The number of ether oxygens (including phenoxy) is 2. The maximum Gasteiger partial charge on any atom is 0.230 e. The number of nitrogens with zero attached hydrogens (tertiary/aromatic N) is 2. The van der Waals surface area contributed by atoms with Crippen molar-refractivity contribution in [1.29, 1.82) is 0 Å². The molecule has 6 heteroatoms. The number of carbonyl (C=O) groups excluding carboxylic acids is 1. The van der Waals surface area contributed by atoms with Gasteiger partial charge >= 0.3 is 0 Å². The Balaban J connectivity index is 1.94. The average Bonchev–Trinajstić information content (AvgIpc) is 2.53. The van der Waals surface area contributed by atoms with Gasteiger partial charge < -0.3 is 20.1 Å². The largest absolute Gasteiger partial charge is 0.383 e. The van der Waals surface area contributed by atoms with Crippen LogP contribution in [0.4, 0.5) is 0 Å². The van der Waals surface area contributed by atoms with Gasteiger partial charge in [0.1, 0.15) is 0 Å². The van der Waals surface area contributed by atoms with Crippen molar-refractivity contribution in [3.8, 4) is 0 Å². The van der Waals surface area contributed by atoms with Crippen molar-refractivity contribution in [3.05, 3.63) is 0 Å². The van der Waals surface area contributed by atoms with Gasteiger partial charge in [0.05, 0.1) is 12.0 Å². The van der Waals surface area contributed by atoms with Crippen LogP contribution in [0.15, 0.2) is 0 Å². The second kappa shape index (κ2) is 7.54. The Labute approximate surface area is 127 Å². The lowest BCUT2D eigenvalue weighted by atomic mass is 9.78. The van der Waals surface area contributed by atoms with E-state index in [9.17, 15) is 4.79 Å². The number of methoxy groups -OCH3 is 1. The third-order valence-electron chi connectivity index (χ3n) is 4.93. The van der Waals surface area contributed by atoms with Crippen LogP contribution in [0.25, 0.3) is 0 Å². The SMILES string of the molecule is COCCN1CCN(C(=O)C2(CN)CCOCC2)CC1C. The predicted molar refractivity (Wildman–Crippen MR) is 81.0 cm³/mol. The highest BCUT2D eigenvalue weighted by Gasteiger charge is 2.42. The second-order valence-corrected chi connectivity index (χ2v) is 6.23. The first-order chi connectivity index (χ1) is 10.1. The summed E-state index contributed by atoms with van der Waals surface area (Å²) < 4.78 is 10.5. The quantitative estimate of drug-likeness (QED) is 0.769. The Morgan fingerprint density at radius 2 is 2.10 bits per heavy atom. The van der Waals surface area contributed by atoms with E-state index in [1.54, 1.807) is 7.11 Å². The first-order valence-electron chi connectivity index (χ1n) is 7.93. The second-order valence-electron chi connectivity index (χ2n) is 6.23. The summed E-state index contributed by atoms with van der Waals surface area (Å²) in [5, 5.41) is 0. The topological polar surface area (TPSA) is 68.0 Å². The summed E-state index contributed by atoms with van der Waals surface area (Å²) in [6.45, 7) is 8.03. The molecule has 122 valence electrons. The Kier molecular flexibility index (Phi) is 5.98. The summed E-state index contributed by atoms with van der Waals surface area (Å²) in [7, 11) is 1.72. The van der Waals surface area contributed by atoms with E-state index < -0.39 is 5.41 Å². The van der Waals surface area contributed by atoms with Gasteiger partial charge in [-0.1, -0.05) is 0 Å². The van der Waals surface area contributed by atoms with Crippen LogP contribution in [0.1, 0.15) is 19.8 Å². The van der Waals surface area contributed by atoms with E-state index in [4.69, 9.17) is 15.2 Å². The number of piperazine rings is 1. The lowest BCUT2D eigenvalue weighted by molar-refractivity contribution is -0.150. The molecule has 2 fully saturated rings. The first kappa shape index (κ1) is 16.7. The lowest BCUT2D eigenvalue weighted by Crippen LogP contribution is -2.59. The van der Waals surface area contributed by atoms with Crippen molar-refractivity contribution >= 4 is 5.91 Å². The molecule has 2 rings (SSSR count). The minimum atomic E-state index is -0.396. The Morgan fingerprint density at radius 1 is 1.38 bits per heavy atom. The molecule has 21 heavy (non-hydrogen) atoms. The molecule has 2 saturated heterocycles. The Hall–Kier alpha value is -0.690. The van der Waals surface area contributed by atoms with Crippen molar-refractivity contribution in [2.24, 2.45) is 11.1 Å². The van der Waals surface area contributed by atoms with E-state index in [2.05, 4.69) is 11.8 Å². The Morgan fingerprint density at radius 3 is 2.67 bits per heavy atom. The van der Waals surface area contributed by atoms with Gasteiger partial charge in [-0.25, -0.2) is 0 Å². The monoisotopic (exact) mass is 299 g/mol. The highest BCUT2D eigenvalue weighted by atomic mass is 16.5. The van der Waals surface area contributed by atoms with Crippen molar-refractivity contribution < 1.29 is 14.3 Å². The van der Waals surface area contributed by atoms with E-state index in [1.807, 2.05) is 4.90 Å². The molecule has 6 nitrogen and oxygen atoms in total. The van der Waals surface area contributed by atoms with Gasteiger partial charge in [-0.2, -0.15) is 0 Å². The van der Waals surface area contributed by atoms with Gasteiger partial charge in [0.2, 0.25) is 5.91 Å². The highest BCUT2D eigenvalue weighted by Crippen LogP contribution is 2.32. The van der Waals surface area contributed by atoms with Crippen molar-refractivity contribution in [2.75, 3.05) is 59.7 Å². The van der Waals surface area contributed by atoms with Crippen molar-refractivity contribution in [3.63, 3.8) is 0 Å². The average molecular weight is 299 g/mol. The van der Waals surface area contributed by atoms with E-state index in [1.165, 1.54) is 0 Å². The smallest absolute Gasteiger partial charge is 0.230 e. The van der Waals surface area contributed by atoms with E-state index in [0.29, 0.717) is 25.8 Å². The van der Waals surface area contributed by atoms with Crippen molar-refractivity contribution in [1.82, 2.24) is 9.80 Å². The lowest BCUT2D eigenvalue weighted by Gasteiger charge is -2.44. The maximum absolute atomic E-state index is 12.9. The molecule has 0 spiro atoms. The van der Waals surface area contributed by atoms with E-state index in [0.717, 1.165) is 45.6 Å². The summed E-state index contributed by atoms with van der Waals surface area (Å²) in [5.41, 5.74) is 5.55. The number of carbonyl (C=O) groups is 1. The molecule has 0 aromatic rings. The molecule has 2 aliphatic rings. The molecule has 0 radical (unpaired) electrons. The predicted octanol–water partition coefficient (Wildman–Crippen LogP) is -0.0790. The summed E-state index contributed by atoms with van der Waals surface area (Å²) >= 11 is 0. The van der Waals surface area contributed by atoms with Crippen LogP contribution in [0.3, 0.4) is 0 Å². The van der Waals surface area contributed by atoms with Crippen LogP contribution < -0.4 is 5.73 Å². The van der Waals surface area contributed by atoms with Gasteiger partial charge in [0, 0.05) is 59.1 Å². The van der Waals surface area contributed by atoms with Gasteiger partial charge in [0.15, 0.2) is 0 Å². The van der Waals surface area contributed by atoms with Crippen LogP contribution in [0, 0.1) is 5.41 Å². The van der Waals surface area contributed by atoms with Gasteiger partial charge in [-0.15, -0.1) is 0 Å². The molecular weight excluding hydrogens is 270 g/mol. The van der Waals surface area contributed by atoms with Crippen LogP contribution in [0.5, 0.6) is 0 Å². The summed E-state index contributed by atoms with van der Waals surface area (Å²) in [6.07, 6.45) is 1.50. The molecule has 1 atom stereocenters. The zero-order valence-electron chi connectivity index (χ0n) is 13.3. The van der Waals surface area contributed by atoms with Gasteiger partial charge in [-0.05, 0) is 19.8 Å². The third kappa shape index (κ3) is 3.74. The summed E-state index contributed by atoms with van der Waals surface area (Å²) in [4.78, 5) is 17.3. The number of rotatable bonds is 5. The minimum Gasteiger partial charge on any atom is -0.383 e. The van der Waals surface area contributed by atoms with E-state index in [-0.39, 0.29) is 5.91 Å². The fourth-order valence-electron chi connectivity index (χ4n) is 3.32. The molecule has 2 N–H and O–H groups in total. The highest BCUT2D eigenvalue weighted by molar-refractivity contribution is 5.83. The van der Waals surface area contributed by atoms with E-state index >= 15 is 0 Å². The summed E-state index contributed by atoms with van der Waals surface area (Å²) in [6, 6.07) is 0.368. The van der Waals surface area contributed by atoms with Crippen molar-refractivity contribution in [2.45, 2.75) is 25.8 Å². The fraction of sp³-hybridized carbons (Fsp3) is 0.933. The molecule has 0 saturated carbocycles. The maximum atomic E-state index is 12.9. The summed E-state index contributed by atoms with van der Waals surface area (Å²) in [5.74, 6) is 0.228. The van der Waals surface area contributed by atoms with Crippen LogP contribution in [-0.4, -0.2) is 81.4 Å². The molecule has 0 bridgehead atoms. The van der Waals surface area contributed by atoms with Crippen LogP contribution in [0.2, 0.25) is 0 Å². The number of hydrogen-bond donors (Lipinski definition) is 1. The Bertz CT molecular complexity index is 345. The molecule has 0 aromatic carbocycles. The molecule has 1 unspecified atom stereocenters. The molecular formula is C15H29N3O3. The molecule has 0 aromatic heterocycles. The van der Waals surface area contributed by atoms with Crippen LogP contribution in [-0.2, 0) is 14.3 Å². The number of hydrogen-bond acceptors (Lipinski definition) is 5. The molecule has 2 heterocycles. The zero-order valence-corrected chi connectivity index (χ0v) is 13.3.